The van der Waals surface area contributed by atoms with E-state index in [0.29, 0.717) is 23.9 Å². The van der Waals surface area contributed by atoms with E-state index in [-0.39, 0.29) is 29.3 Å². The number of nitrogens with zero attached hydrogens (tertiary/aromatic N) is 3. The Balaban J connectivity index is 1.83. The van der Waals surface area contributed by atoms with E-state index in [0.717, 1.165) is 11.3 Å². The molecule has 1 aromatic carbocycles. The van der Waals surface area contributed by atoms with Gasteiger partial charge in [-0.25, -0.2) is 4.68 Å². The second-order valence-corrected chi connectivity index (χ2v) is 8.38. The maximum Gasteiger partial charge on any atom is 0.226 e. The van der Waals surface area contributed by atoms with Crippen LogP contribution in [-0.2, 0) is 4.79 Å². The smallest absolute Gasteiger partial charge is 0.226 e. The van der Waals surface area contributed by atoms with Gasteiger partial charge in [0.25, 0.3) is 0 Å². The number of ether oxygens (including phenoxy) is 2. The molecule has 1 aliphatic carbocycles. The molecule has 0 amide bonds. The molecular weight excluding hydrogens is 356 g/mol. The predicted octanol–water partition coefficient (Wildman–Crippen LogP) is 3.59. The molecule has 0 unspecified atom stereocenters. The predicted molar refractivity (Wildman–Crippen MR) is 106 cm³/mol. The first-order chi connectivity index (χ1) is 13.3. The Hall–Kier alpha value is -2.83. The lowest BCUT2D eigenvalue weighted by atomic mass is 9.72. The largest absolute Gasteiger partial charge is 0.493 e. The first-order valence-electron chi connectivity index (χ1n) is 9.55. The molecule has 2 aliphatic rings. The van der Waals surface area contributed by atoms with Gasteiger partial charge in [-0.2, -0.15) is 10.1 Å². The van der Waals surface area contributed by atoms with E-state index in [1.54, 1.807) is 11.8 Å². The number of rotatable bonds is 4. The van der Waals surface area contributed by atoms with E-state index >= 15 is 0 Å². The van der Waals surface area contributed by atoms with Crippen LogP contribution in [0.25, 0.3) is 0 Å². The molecule has 0 saturated heterocycles. The van der Waals surface area contributed by atoms with Crippen LogP contribution in [-0.4, -0.2) is 33.8 Å². The van der Waals surface area contributed by atoms with Gasteiger partial charge in [0, 0.05) is 12.1 Å². The van der Waals surface area contributed by atoms with Gasteiger partial charge in [0.1, 0.15) is 12.1 Å². The summed E-state index contributed by atoms with van der Waals surface area (Å²) in [5.74, 6) is 1.83. The van der Waals surface area contributed by atoms with Gasteiger partial charge in [-0.05, 0) is 37.0 Å². The normalized spacial score (nSPS) is 22.8. The molecule has 2 aromatic rings. The van der Waals surface area contributed by atoms with Crippen LogP contribution in [0.1, 0.15) is 45.7 Å². The quantitative estimate of drug-likeness (QED) is 0.871. The molecule has 7 heteroatoms. The maximum atomic E-state index is 13.1. The summed E-state index contributed by atoms with van der Waals surface area (Å²) in [6.07, 6.45) is 4.19. The Morgan fingerprint density at radius 3 is 2.79 bits per heavy atom. The van der Waals surface area contributed by atoms with Crippen molar-refractivity contribution in [1.82, 2.24) is 14.8 Å². The maximum absolute atomic E-state index is 13.1. The van der Waals surface area contributed by atoms with Crippen molar-refractivity contribution in [2.75, 3.05) is 12.4 Å². The van der Waals surface area contributed by atoms with Crippen molar-refractivity contribution in [3.63, 3.8) is 0 Å². The number of anilines is 1. The molecule has 28 heavy (non-hydrogen) atoms. The molecule has 0 bridgehead atoms. The number of hydrogen-bond acceptors (Lipinski definition) is 6. The number of Topliss-reactive ketones (excluding diaryl/α,β-unsaturated/α-hetero) is 1. The van der Waals surface area contributed by atoms with Crippen molar-refractivity contribution in [2.24, 2.45) is 11.3 Å². The van der Waals surface area contributed by atoms with E-state index in [1.807, 2.05) is 32.0 Å². The van der Waals surface area contributed by atoms with Gasteiger partial charge in [0.15, 0.2) is 11.5 Å². The third-order valence-corrected chi connectivity index (χ3v) is 5.16. The molecule has 0 radical (unpaired) electrons. The fraction of sp³-hybridized carbons (Fsp3) is 0.476. The zero-order valence-electron chi connectivity index (χ0n) is 16.9. The van der Waals surface area contributed by atoms with Gasteiger partial charge in [-0.3, -0.25) is 4.79 Å². The summed E-state index contributed by atoms with van der Waals surface area (Å²) in [4.78, 5) is 17.5. The van der Waals surface area contributed by atoms with Gasteiger partial charge in [-0.1, -0.05) is 26.0 Å². The lowest BCUT2D eigenvalue weighted by Gasteiger charge is -2.40. The lowest BCUT2D eigenvalue weighted by molar-refractivity contribution is -0.125. The third kappa shape index (κ3) is 3.15. The van der Waals surface area contributed by atoms with Crippen molar-refractivity contribution in [1.29, 1.82) is 0 Å². The lowest BCUT2D eigenvalue weighted by Crippen LogP contribution is -2.42. The highest BCUT2D eigenvalue weighted by Crippen LogP contribution is 2.46. The Bertz CT molecular complexity index is 945. The average molecular weight is 382 g/mol. The van der Waals surface area contributed by atoms with Crippen molar-refractivity contribution < 1.29 is 14.3 Å². The number of allylic oxidation sites excluding steroid dienone is 2. The first kappa shape index (κ1) is 18.5. The number of aromatic nitrogens is 3. The summed E-state index contributed by atoms with van der Waals surface area (Å²) in [5.41, 5.74) is 1.65. The van der Waals surface area contributed by atoms with Crippen LogP contribution in [0.3, 0.4) is 0 Å². The fourth-order valence-corrected chi connectivity index (χ4v) is 4.12. The minimum Gasteiger partial charge on any atom is -0.493 e. The molecule has 1 N–H and O–H groups in total. The van der Waals surface area contributed by atoms with Gasteiger partial charge in [0.2, 0.25) is 5.95 Å². The minimum atomic E-state index is -0.330. The van der Waals surface area contributed by atoms with Crippen LogP contribution < -0.4 is 14.8 Å². The molecular formula is C21H26N4O3. The molecule has 7 nitrogen and oxygen atoms in total. The van der Waals surface area contributed by atoms with Crippen molar-refractivity contribution >= 4 is 11.7 Å². The summed E-state index contributed by atoms with van der Waals surface area (Å²) in [6, 6.07) is 5.53. The van der Waals surface area contributed by atoms with E-state index in [9.17, 15) is 4.79 Å². The van der Waals surface area contributed by atoms with Crippen LogP contribution in [0.2, 0.25) is 0 Å². The van der Waals surface area contributed by atoms with Crippen LogP contribution in [0, 0.1) is 11.3 Å². The standard InChI is InChI=1S/C21H26N4O3/c1-12(2)28-16-7-6-13(8-17(16)27-5)19-18-14(9-21(3,4)10-15(18)26)24-20-22-11-23-25(19)20/h6-9,11-12,18-19H,10H2,1-5H3,(H,22,23,24)/t18-,19-/m0/s1. The highest BCUT2D eigenvalue weighted by atomic mass is 16.5. The van der Waals surface area contributed by atoms with Crippen molar-refractivity contribution in [3.05, 3.63) is 41.9 Å². The summed E-state index contributed by atoms with van der Waals surface area (Å²) in [6.45, 7) is 8.10. The summed E-state index contributed by atoms with van der Waals surface area (Å²) < 4.78 is 13.2. The Kier molecular flexibility index (Phi) is 4.40. The van der Waals surface area contributed by atoms with E-state index in [4.69, 9.17) is 9.47 Å². The number of hydrogen-bond donors (Lipinski definition) is 1. The monoisotopic (exact) mass is 382 g/mol. The Labute approximate surface area is 164 Å². The molecule has 1 aliphatic heterocycles. The van der Waals surface area contributed by atoms with Crippen LogP contribution in [0.5, 0.6) is 11.5 Å². The van der Waals surface area contributed by atoms with Crippen LogP contribution >= 0.6 is 0 Å². The molecule has 0 fully saturated rings. The van der Waals surface area contributed by atoms with Crippen LogP contribution in [0.4, 0.5) is 5.95 Å². The third-order valence-electron chi connectivity index (χ3n) is 5.16. The second kappa shape index (κ2) is 6.65. The van der Waals surface area contributed by atoms with Crippen molar-refractivity contribution in [3.8, 4) is 11.5 Å². The Morgan fingerprint density at radius 1 is 1.29 bits per heavy atom. The molecule has 0 saturated carbocycles. The number of ketones is 1. The number of methoxy groups -OCH3 is 1. The average Bonchev–Trinajstić information content (AvgIpc) is 3.07. The van der Waals surface area contributed by atoms with Gasteiger partial charge < -0.3 is 14.8 Å². The molecule has 4 rings (SSSR count). The minimum absolute atomic E-state index is 0.0391. The fourth-order valence-electron chi connectivity index (χ4n) is 4.12. The zero-order valence-corrected chi connectivity index (χ0v) is 16.9. The highest BCUT2D eigenvalue weighted by molar-refractivity contribution is 5.88. The number of carbonyl (C=O) groups is 1. The van der Waals surface area contributed by atoms with E-state index in [1.165, 1.54) is 6.33 Å². The van der Waals surface area contributed by atoms with Gasteiger partial charge >= 0.3 is 0 Å². The van der Waals surface area contributed by atoms with E-state index < -0.39 is 0 Å². The SMILES string of the molecule is COc1cc([C@H]2[C@@H]3C(=O)CC(C)(C)C=C3Nc3ncnn32)ccc1OC(C)C. The molecule has 0 spiro atoms. The summed E-state index contributed by atoms with van der Waals surface area (Å²) >= 11 is 0. The van der Waals surface area contributed by atoms with Gasteiger partial charge in [0.05, 0.1) is 25.2 Å². The molecule has 1 aromatic heterocycles. The van der Waals surface area contributed by atoms with Gasteiger partial charge in [-0.15, -0.1) is 0 Å². The van der Waals surface area contributed by atoms with E-state index in [2.05, 4.69) is 35.3 Å². The number of nitrogens with one attached hydrogen (secondary N) is 1. The topological polar surface area (TPSA) is 78.3 Å². The first-order valence-corrected chi connectivity index (χ1v) is 9.55. The molecule has 2 heterocycles. The molecule has 148 valence electrons. The highest BCUT2D eigenvalue weighted by Gasteiger charge is 2.44. The molecule has 2 atom stereocenters. The number of fused-ring (bicyclic) bond motifs is 2. The Morgan fingerprint density at radius 2 is 2.07 bits per heavy atom. The number of carbonyl (C=O) groups excluding carboxylic acids is 1. The van der Waals surface area contributed by atoms with Crippen LogP contribution in [0.15, 0.2) is 36.3 Å². The second-order valence-electron chi connectivity index (χ2n) is 8.38. The summed E-state index contributed by atoms with van der Waals surface area (Å²) in [7, 11) is 1.62. The number of benzene rings is 1. The zero-order chi connectivity index (χ0) is 20.1. The summed E-state index contributed by atoms with van der Waals surface area (Å²) in [5, 5.41) is 7.70. The van der Waals surface area contributed by atoms with Crippen molar-refractivity contribution in [2.45, 2.75) is 46.3 Å².